The van der Waals surface area contributed by atoms with E-state index in [0.717, 1.165) is 38.6 Å². The molecule has 1 unspecified atom stereocenters. The van der Waals surface area contributed by atoms with E-state index >= 15 is 0 Å². The molecule has 0 aromatic carbocycles. The number of likely N-dealkylation sites (tertiary alicyclic amines) is 1. The molecule has 1 heterocycles. The first-order valence-corrected chi connectivity index (χ1v) is 9.70. The molecule has 0 saturated carbocycles. The van der Waals surface area contributed by atoms with Crippen molar-refractivity contribution in [3.8, 4) is 0 Å². The lowest BCUT2D eigenvalue weighted by molar-refractivity contribution is -0.130. The van der Waals surface area contributed by atoms with Crippen molar-refractivity contribution in [1.82, 2.24) is 20.4 Å². The lowest BCUT2D eigenvalue weighted by atomic mass is 10.2. The molecule has 1 rings (SSSR count). The van der Waals surface area contributed by atoms with Gasteiger partial charge in [-0.15, -0.1) is 0 Å². The lowest BCUT2D eigenvalue weighted by Crippen LogP contribution is -2.41. The number of hydrogen-bond acceptors (Lipinski definition) is 3. The van der Waals surface area contributed by atoms with E-state index in [-0.39, 0.29) is 5.91 Å². The van der Waals surface area contributed by atoms with Gasteiger partial charge >= 0.3 is 0 Å². The van der Waals surface area contributed by atoms with Crippen LogP contribution in [0.3, 0.4) is 0 Å². The topological polar surface area (TPSA) is 60.0 Å². The van der Waals surface area contributed by atoms with Crippen molar-refractivity contribution in [3.63, 3.8) is 0 Å². The number of amides is 1. The van der Waals surface area contributed by atoms with Crippen LogP contribution in [0.2, 0.25) is 0 Å². The minimum atomic E-state index is 0.201. The Bertz CT molecular complexity index is 376. The summed E-state index contributed by atoms with van der Waals surface area (Å²) in [5, 5.41) is 6.58. The number of nitrogens with one attached hydrogen (secondary N) is 2. The third-order valence-electron chi connectivity index (χ3n) is 4.68. The van der Waals surface area contributed by atoms with Gasteiger partial charge in [0.05, 0.1) is 6.54 Å². The van der Waals surface area contributed by atoms with Gasteiger partial charge in [-0.05, 0) is 53.1 Å². The van der Waals surface area contributed by atoms with Gasteiger partial charge in [-0.2, -0.15) is 0 Å². The summed E-state index contributed by atoms with van der Waals surface area (Å²) in [6, 6.07) is 0.528. The maximum absolute atomic E-state index is 12.1. The molecule has 6 heteroatoms. The molecule has 24 heavy (non-hydrogen) atoms. The van der Waals surface area contributed by atoms with Gasteiger partial charge in [0.25, 0.3) is 0 Å². The summed E-state index contributed by atoms with van der Waals surface area (Å²) >= 11 is 0. The minimum absolute atomic E-state index is 0.201. The first kappa shape index (κ1) is 20.7. The average Bonchev–Trinajstić information content (AvgIpc) is 3.11. The van der Waals surface area contributed by atoms with Gasteiger partial charge in [-0.25, -0.2) is 0 Å². The molecule has 1 atom stereocenters. The van der Waals surface area contributed by atoms with Crippen molar-refractivity contribution in [2.45, 2.75) is 59.4 Å². The summed E-state index contributed by atoms with van der Waals surface area (Å²) in [7, 11) is 0. The van der Waals surface area contributed by atoms with E-state index in [0.29, 0.717) is 19.0 Å². The summed E-state index contributed by atoms with van der Waals surface area (Å²) in [5.41, 5.74) is 0. The third-order valence-corrected chi connectivity index (χ3v) is 4.68. The highest BCUT2D eigenvalue weighted by molar-refractivity contribution is 5.81. The van der Waals surface area contributed by atoms with Crippen LogP contribution in [0.15, 0.2) is 4.99 Å². The lowest BCUT2D eigenvalue weighted by Gasteiger charge is -2.25. The van der Waals surface area contributed by atoms with Crippen LogP contribution in [0.25, 0.3) is 0 Å². The van der Waals surface area contributed by atoms with Crippen LogP contribution >= 0.6 is 0 Å². The highest BCUT2D eigenvalue weighted by atomic mass is 16.2. The zero-order valence-corrected chi connectivity index (χ0v) is 16.1. The van der Waals surface area contributed by atoms with Gasteiger partial charge in [0.15, 0.2) is 5.96 Å². The van der Waals surface area contributed by atoms with Crippen LogP contribution in [0.4, 0.5) is 0 Å². The number of rotatable bonds is 10. The number of guanidine groups is 1. The summed E-state index contributed by atoms with van der Waals surface area (Å²) < 4.78 is 0. The second-order valence-corrected chi connectivity index (χ2v) is 6.27. The number of aliphatic imine (C=N–C) groups is 1. The molecule has 0 bridgehead atoms. The van der Waals surface area contributed by atoms with Gasteiger partial charge in [0.2, 0.25) is 5.91 Å². The number of carbonyl (C=O) groups is 1. The smallest absolute Gasteiger partial charge is 0.224 e. The highest BCUT2D eigenvalue weighted by Gasteiger charge is 2.20. The fourth-order valence-corrected chi connectivity index (χ4v) is 3.17. The minimum Gasteiger partial charge on any atom is -0.357 e. The summed E-state index contributed by atoms with van der Waals surface area (Å²) in [4.78, 5) is 21.2. The van der Waals surface area contributed by atoms with Crippen LogP contribution in [0, 0.1) is 0 Å². The van der Waals surface area contributed by atoms with Crippen LogP contribution in [0.5, 0.6) is 0 Å². The van der Waals surface area contributed by atoms with Crippen LogP contribution in [0.1, 0.15) is 53.4 Å². The van der Waals surface area contributed by atoms with Gasteiger partial charge in [0, 0.05) is 38.6 Å². The van der Waals surface area contributed by atoms with Crippen LogP contribution in [-0.4, -0.2) is 73.5 Å². The Morgan fingerprint density at radius 3 is 2.33 bits per heavy atom. The molecule has 1 saturated heterocycles. The van der Waals surface area contributed by atoms with E-state index in [1.807, 2.05) is 18.7 Å². The van der Waals surface area contributed by atoms with E-state index in [1.165, 1.54) is 25.9 Å². The number of nitrogens with zero attached hydrogens (tertiary/aromatic N) is 3. The Morgan fingerprint density at radius 1 is 1.12 bits per heavy atom. The Morgan fingerprint density at radius 2 is 1.79 bits per heavy atom. The molecular weight excluding hydrogens is 302 g/mol. The molecule has 6 nitrogen and oxygen atoms in total. The van der Waals surface area contributed by atoms with Gasteiger partial charge < -0.3 is 15.5 Å². The Balaban J connectivity index is 2.45. The Hall–Kier alpha value is -1.30. The molecule has 0 radical (unpaired) electrons. The second kappa shape index (κ2) is 12.1. The summed E-state index contributed by atoms with van der Waals surface area (Å²) in [5.74, 6) is 1.02. The summed E-state index contributed by atoms with van der Waals surface area (Å²) in [6.45, 7) is 14.6. The van der Waals surface area contributed by atoms with Gasteiger partial charge in [-0.3, -0.25) is 14.7 Å². The quantitative estimate of drug-likeness (QED) is 0.470. The standard InChI is InChI=1S/C18H37N5O/c1-5-16(23-13-9-10-14-23)15-21-18(19-6-2)20-12-11-17(24)22(7-3)8-4/h16H,5-15H2,1-4H3,(H2,19,20,21). The Kier molecular flexibility index (Phi) is 10.5. The zero-order chi connectivity index (χ0) is 17.8. The molecule has 1 aliphatic rings. The Labute approximate surface area is 148 Å². The van der Waals surface area contributed by atoms with Crippen molar-refractivity contribution in [3.05, 3.63) is 0 Å². The van der Waals surface area contributed by atoms with Crippen LogP contribution < -0.4 is 10.6 Å². The predicted molar refractivity (Wildman–Crippen MR) is 101 cm³/mol. The van der Waals surface area contributed by atoms with Crippen LogP contribution in [-0.2, 0) is 4.79 Å². The van der Waals surface area contributed by atoms with Crippen molar-refractivity contribution >= 4 is 11.9 Å². The number of carbonyl (C=O) groups excluding carboxylic acids is 1. The molecule has 0 aromatic heterocycles. The van der Waals surface area contributed by atoms with E-state index in [9.17, 15) is 4.79 Å². The van der Waals surface area contributed by atoms with Crippen molar-refractivity contribution in [2.75, 3.05) is 45.8 Å². The van der Waals surface area contributed by atoms with Gasteiger partial charge in [-0.1, -0.05) is 6.92 Å². The maximum Gasteiger partial charge on any atom is 0.224 e. The normalized spacial score (nSPS) is 16.9. The second-order valence-electron chi connectivity index (χ2n) is 6.27. The molecule has 0 spiro atoms. The first-order valence-electron chi connectivity index (χ1n) is 9.70. The molecule has 0 aliphatic carbocycles. The van der Waals surface area contributed by atoms with E-state index in [4.69, 9.17) is 4.99 Å². The van der Waals surface area contributed by atoms with Crippen molar-refractivity contribution in [1.29, 1.82) is 0 Å². The molecule has 2 N–H and O–H groups in total. The van der Waals surface area contributed by atoms with E-state index < -0.39 is 0 Å². The van der Waals surface area contributed by atoms with Crippen molar-refractivity contribution in [2.24, 2.45) is 4.99 Å². The van der Waals surface area contributed by atoms with Crippen molar-refractivity contribution < 1.29 is 4.79 Å². The largest absolute Gasteiger partial charge is 0.357 e. The third kappa shape index (κ3) is 7.07. The molecule has 1 amide bonds. The molecule has 1 aliphatic heterocycles. The molecule has 1 fully saturated rings. The van der Waals surface area contributed by atoms with E-state index in [1.54, 1.807) is 0 Å². The van der Waals surface area contributed by atoms with Gasteiger partial charge in [0.1, 0.15) is 0 Å². The van der Waals surface area contributed by atoms with E-state index in [2.05, 4.69) is 29.4 Å². The monoisotopic (exact) mass is 339 g/mol. The zero-order valence-electron chi connectivity index (χ0n) is 16.1. The first-order chi connectivity index (χ1) is 11.7. The maximum atomic E-state index is 12.1. The summed E-state index contributed by atoms with van der Waals surface area (Å²) in [6.07, 6.45) is 4.26. The predicted octanol–water partition coefficient (Wildman–Crippen LogP) is 1.67. The number of hydrogen-bond donors (Lipinski definition) is 2. The molecular formula is C18H37N5O. The fraction of sp³-hybridized carbons (Fsp3) is 0.889. The molecule has 140 valence electrons. The molecule has 0 aromatic rings. The average molecular weight is 340 g/mol. The SMILES string of the molecule is CCNC(=NCC(CC)N1CCCC1)NCCC(=O)N(CC)CC. The highest BCUT2D eigenvalue weighted by Crippen LogP contribution is 2.14. The fourth-order valence-electron chi connectivity index (χ4n) is 3.17.